The fraction of sp³-hybridized carbons (Fsp3) is 0.250. The molecule has 0 fully saturated rings. The van der Waals surface area contributed by atoms with Crippen molar-refractivity contribution in [1.29, 1.82) is 0 Å². The second-order valence-electron chi connectivity index (χ2n) is 7.16. The monoisotopic (exact) mass is 422 g/mol. The minimum absolute atomic E-state index is 0.288. The normalized spacial score (nSPS) is 14.1. The van der Waals surface area contributed by atoms with Gasteiger partial charge in [0.2, 0.25) is 0 Å². The fourth-order valence-electron chi connectivity index (χ4n) is 3.61. The van der Waals surface area contributed by atoms with Gasteiger partial charge in [0.05, 0.1) is 12.2 Å². The molecule has 0 aliphatic carbocycles. The van der Waals surface area contributed by atoms with Crippen molar-refractivity contribution >= 4 is 28.5 Å². The molecule has 1 aliphatic rings. The van der Waals surface area contributed by atoms with Gasteiger partial charge in [-0.25, -0.2) is 14.2 Å². The fourth-order valence-corrected chi connectivity index (χ4v) is 4.83. The first-order valence-electron chi connectivity index (χ1n) is 10.0. The second-order valence-corrected chi connectivity index (χ2v) is 8.24. The highest BCUT2D eigenvalue weighted by molar-refractivity contribution is 7.16. The Hall–Kier alpha value is -2.83. The molecule has 0 unspecified atom stereocenters. The third-order valence-corrected chi connectivity index (χ3v) is 6.17. The third-order valence-electron chi connectivity index (χ3n) is 5.05. The minimum atomic E-state index is -0.322. The molecule has 154 valence electrons. The predicted octanol–water partition coefficient (Wildman–Crippen LogP) is 5.37. The lowest BCUT2D eigenvalue weighted by molar-refractivity contribution is 0.0526. The molecule has 2 aromatic carbocycles. The molecule has 6 heteroatoms. The van der Waals surface area contributed by atoms with Crippen LogP contribution in [0.4, 0.5) is 9.39 Å². The molecule has 0 saturated carbocycles. The molecule has 0 N–H and O–H groups in total. The topological polar surface area (TPSA) is 41.9 Å². The van der Waals surface area contributed by atoms with Gasteiger partial charge < -0.3 is 4.74 Å². The van der Waals surface area contributed by atoms with Crippen LogP contribution < -0.4 is 0 Å². The summed E-state index contributed by atoms with van der Waals surface area (Å²) in [7, 11) is 0. The van der Waals surface area contributed by atoms with Gasteiger partial charge in [-0.3, -0.25) is 4.90 Å². The first-order valence-corrected chi connectivity index (χ1v) is 10.8. The van der Waals surface area contributed by atoms with Crippen LogP contribution in [0.5, 0.6) is 0 Å². The molecule has 3 aromatic rings. The van der Waals surface area contributed by atoms with Crippen molar-refractivity contribution in [3.63, 3.8) is 0 Å². The van der Waals surface area contributed by atoms with Gasteiger partial charge in [0.25, 0.3) is 0 Å². The first kappa shape index (κ1) is 20.4. The molecule has 2 heterocycles. The lowest BCUT2D eigenvalue weighted by Crippen LogP contribution is -2.29. The number of carbonyl (C=O) groups excluding carboxylic acids is 1. The first-order chi connectivity index (χ1) is 14.6. The SMILES string of the molecule is CCOC(=O)c1c(N=Cc2ccc(F)cc2)sc2c1CCN(Cc1ccccc1)C2. The Morgan fingerprint density at radius 2 is 1.97 bits per heavy atom. The summed E-state index contributed by atoms with van der Waals surface area (Å²) in [6.07, 6.45) is 2.46. The molecule has 1 aromatic heterocycles. The Morgan fingerprint density at radius 3 is 2.70 bits per heavy atom. The van der Waals surface area contributed by atoms with Gasteiger partial charge in [0.15, 0.2) is 0 Å². The predicted molar refractivity (Wildman–Crippen MR) is 118 cm³/mol. The summed E-state index contributed by atoms with van der Waals surface area (Å²) in [5, 5.41) is 0.657. The second kappa shape index (κ2) is 9.32. The molecule has 4 rings (SSSR count). The highest BCUT2D eigenvalue weighted by Crippen LogP contribution is 2.39. The van der Waals surface area contributed by atoms with Crippen LogP contribution in [0.3, 0.4) is 0 Å². The Kier molecular flexibility index (Phi) is 6.35. The van der Waals surface area contributed by atoms with Crippen molar-refractivity contribution in [2.24, 2.45) is 4.99 Å². The maximum Gasteiger partial charge on any atom is 0.341 e. The Labute approximate surface area is 179 Å². The number of thiophene rings is 1. The number of hydrogen-bond acceptors (Lipinski definition) is 5. The number of ether oxygens (including phenoxy) is 1. The van der Waals surface area contributed by atoms with Crippen LogP contribution in [0.15, 0.2) is 59.6 Å². The highest BCUT2D eigenvalue weighted by atomic mass is 32.1. The summed E-state index contributed by atoms with van der Waals surface area (Å²) < 4.78 is 18.5. The molecule has 0 saturated heterocycles. The van der Waals surface area contributed by atoms with Crippen molar-refractivity contribution in [3.8, 4) is 0 Å². The largest absolute Gasteiger partial charge is 0.462 e. The molecule has 0 radical (unpaired) electrons. The summed E-state index contributed by atoms with van der Waals surface area (Å²) in [6.45, 7) is 4.67. The average molecular weight is 423 g/mol. The van der Waals surface area contributed by atoms with Crippen LogP contribution in [0.2, 0.25) is 0 Å². The zero-order chi connectivity index (χ0) is 20.9. The number of aliphatic imine (C=N–C) groups is 1. The van der Waals surface area contributed by atoms with E-state index < -0.39 is 0 Å². The summed E-state index contributed by atoms with van der Waals surface area (Å²) in [5.74, 6) is -0.609. The van der Waals surface area contributed by atoms with E-state index in [2.05, 4.69) is 34.2 Å². The molecule has 0 amide bonds. The molecular weight excluding hydrogens is 399 g/mol. The van der Waals surface area contributed by atoms with E-state index in [4.69, 9.17) is 4.74 Å². The average Bonchev–Trinajstić information content (AvgIpc) is 3.12. The molecule has 30 heavy (non-hydrogen) atoms. The van der Waals surface area contributed by atoms with E-state index in [1.807, 2.05) is 6.07 Å². The van der Waals surface area contributed by atoms with E-state index in [-0.39, 0.29) is 11.8 Å². The number of nitrogens with zero attached hydrogens (tertiary/aromatic N) is 2. The number of carbonyl (C=O) groups is 1. The van der Waals surface area contributed by atoms with Crippen molar-refractivity contribution in [1.82, 2.24) is 4.90 Å². The standard InChI is InChI=1S/C24H23FN2O2S/c1-2-29-24(28)22-20-12-13-27(15-18-6-4-3-5-7-18)16-21(20)30-23(22)26-14-17-8-10-19(25)11-9-17/h3-11,14H,2,12-13,15-16H2,1H3. The smallest absolute Gasteiger partial charge is 0.341 e. The van der Waals surface area contributed by atoms with Crippen LogP contribution in [-0.2, 0) is 24.2 Å². The van der Waals surface area contributed by atoms with Crippen molar-refractivity contribution in [3.05, 3.63) is 87.5 Å². The zero-order valence-electron chi connectivity index (χ0n) is 16.8. The maximum atomic E-state index is 13.1. The van der Waals surface area contributed by atoms with Crippen LogP contribution in [-0.4, -0.2) is 30.2 Å². The van der Waals surface area contributed by atoms with E-state index in [9.17, 15) is 9.18 Å². The van der Waals surface area contributed by atoms with E-state index in [1.165, 1.54) is 29.0 Å². The Balaban J connectivity index is 1.60. The van der Waals surface area contributed by atoms with Gasteiger partial charge in [0.1, 0.15) is 10.8 Å². The number of halogens is 1. The lowest BCUT2D eigenvalue weighted by Gasteiger charge is -2.27. The Morgan fingerprint density at radius 1 is 1.20 bits per heavy atom. The van der Waals surface area contributed by atoms with Crippen LogP contribution >= 0.6 is 11.3 Å². The number of rotatable bonds is 6. The van der Waals surface area contributed by atoms with Crippen LogP contribution in [0.1, 0.15) is 38.8 Å². The van der Waals surface area contributed by atoms with Crippen molar-refractivity contribution < 1.29 is 13.9 Å². The van der Waals surface area contributed by atoms with E-state index >= 15 is 0 Å². The van der Waals surface area contributed by atoms with Gasteiger partial charge in [-0.15, -0.1) is 11.3 Å². The molecule has 0 atom stereocenters. The van der Waals surface area contributed by atoms with E-state index in [0.717, 1.165) is 42.1 Å². The summed E-state index contributed by atoms with van der Waals surface area (Å²) in [5.41, 5.74) is 3.68. The highest BCUT2D eigenvalue weighted by Gasteiger charge is 2.28. The van der Waals surface area contributed by atoms with Crippen molar-refractivity contribution in [2.45, 2.75) is 26.4 Å². The van der Waals surface area contributed by atoms with Crippen LogP contribution in [0, 0.1) is 5.82 Å². The molecule has 0 spiro atoms. The summed E-state index contributed by atoms with van der Waals surface area (Å²) >= 11 is 1.54. The van der Waals surface area contributed by atoms with Gasteiger partial charge in [-0.05, 0) is 42.2 Å². The number of hydrogen-bond donors (Lipinski definition) is 0. The van der Waals surface area contributed by atoms with Crippen molar-refractivity contribution in [2.75, 3.05) is 13.2 Å². The zero-order valence-corrected chi connectivity index (χ0v) is 17.6. The number of benzene rings is 2. The summed E-state index contributed by atoms with van der Waals surface area (Å²) in [6, 6.07) is 16.5. The quantitative estimate of drug-likeness (QED) is 0.396. The lowest BCUT2D eigenvalue weighted by atomic mass is 10.0. The van der Waals surface area contributed by atoms with E-state index in [0.29, 0.717) is 17.2 Å². The third kappa shape index (κ3) is 4.66. The van der Waals surface area contributed by atoms with E-state index in [1.54, 1.807) is 25.3 Å². The molecule has 0 bridgehead atoms. The van der Waals surface area contributed by atoms with Gasteiger partial charge in [-0.2, -0.15) is 0 Å². The molecule has 4 nitrogen and oxygen atoms in total. The maximum absolute atomic E-state index is 13.1. The van der Waals surface area contributed by atoms with Gasteiger partial charge >= 0.3 is 5.97 Å². The van der Waals surface area contributed by atoms with Gasteiger partial charge in [0, 0.05) is 30.7 Å². The molecular formula is C24H23FN2O2S. The Bertz CT molecular complexity index is 1050. The summed E-state index contributed by atoms with van der Waals surface area (Å²) in [4.78, 5) is 20.8. The molecule has 1 aliphatic heterocycles. The van der Waals surface area contributed by atoms with Crippen LogP contribution in [0.25, 0.3) is 0 Å². The number of fused-ring (bicyclic) bond motifs is 1. The number of esters is 1. The minimum Gasteiger partial charge on any atom is -0.462 e. The van der Waals surface area contributed by atoms with Gasteiger partial charge in [-0.1, -0.05) is 42.5 Å².